The molecular weight excluding hydrogens is 340 g/mol. The first-order valence-corrected chi connectivity index (χ1v) is 9.73. The van der Waals surface area contributed by atoms with Crippen molar-refractivity contribution in [3.8, 4) is 0 Å². The predicted octanol–water partition coefficient (Wildman–Crippen LogP) is 1.56. The molecule has 0 spiro atoms. The molecule has 0 N–H and O–H groups in total. The third kappa shape index (κ3) is 2.08. The van der Waals surface area contributed by atoms with E-state index in [0.29, 0.717) is 52.1 Å². The summed E-state index contributed by atoms with van der Waals surface area (Å²) in [6, 6.07) is 0. The number of rotatable bonds is 5. The van der Waals surface area contributed by atoms with Crippen LogP contribution in [0.1, 0.15) is 51.4 Å². The SMILES string of the molecule is COC(=O)[C@]1([C@@]2([C@@]3([C@]4(C=O)CCCO4)CCCO3)CCCO2)CCCO1. The van der Waals surface area contributed by atoms with Gasteiger partial charge in [0.1, 0.15) is 11.2 Å². The minimum atomic E-state index is -1.26. The topological polar surface area (TPSA) is 80.3 Å². The third-order valence-corrected chi connectivity index (χ3v) is 6.81. The van der Waals surface area contributed by atoms with Gasteiger partial charge in [-0.25, -0.2) is 4.79 Å². The van der Waals surface area contributed by atoms with Crippen molar-refractivity contribution in [1.29, 1.82) is 0 Å². The van der Waals surface area contributed by atoms with E-state index in [-0.39, 0.29) is 0 Å². The van der Waals surface area contributed by atoms with E-state index in [4.69, 9.17) is 23.7 Å². The molecule has 0 amide bonds. The highest BCUT2D eigenvalue weighted by Crippen LogP contribution is 2.60. The molecule has 4 heterocycles. The van der Waals surface area contributed by atoms with Crippen molar-refractivity contribution >= 4 is 12.3 Å². The largest absolute Gasteiger partial charge is 0.467 e. The van der Waals surface area contributed by atoms with Crippen LogP contribution >= 0.6 is 0 Å². The lowest BCUT2D eigenvalue weighted by Gasteiger charge is -2.57. The number of hydrogen-bond acceptors (Lipinski definition) is 7. The van der Waals surface area contributed by atoms with E-state index >= 15 is 0 Å². The Balaban J connectivity index is 1.91. The molecule has 0 saturated carbocycles. The quantitative estimate of drug-likeness (QED) is 0.538. The summed E-state index contributed by atoms with van der Waals surface area (Å²) in [6.07, 6.45) is 6.24. The monoisotopic (exact) mass is 368 g/mol. The number of hydrogen-bond donors (Lipinski definition) is 0. The molecule has 4 rings (SSSR count). The van der Waals surface area contributed by atoms with Crippen LogP contribution in [0.2, 0.25) is 0 Å². The highest BCUT2D eigenvalue weighted by molar-refractivity contribution is 5.83. The van der Waals surface area contributed by atoms with E-state index in [1.807, 2.05) is 0 Å². The first-order valence-electron chi connectivity index (χ1n) is 9.73. The average molecular weight is 368 g/mol. The van der Waals surface area contributed by atoms with Crippen molar-refractivity contribution in [2.24, 2.45) is 0 Å². The summed E-state index contributed by atoms with van der Waals surface area (Å²) in [7, 11) is 1.37. The van der Waals surface area contributed by atoms with Gasteiger partial charge in [0.15, 0.2) is 17.5 Å². The molecule has 4 aliphatic rings. The summed E-state index contributed by atoms with van der Waals surface area (Å²) in [5, 5.41) is 0. The number of esters is 1. The smallest absolute Gasteiger partial charge is 0.341 e. The van der Waals surface area contributed by atoms with Crippen molar-refractivity contribution in [1.82, 2.24) is 0 Å². The molecule has 0 radical (unpaired) electrons. The van der Waals surface area contributed by atoms with E-state index in [9.17, 15) is 9.59 Å². The molecule has 7 heteroatoms. The maximum absolute atomic E-state index is 13.0. The van der Waals surface area contributed by atoms with Crippen LogP contribution in [0.4, 0.5) is 0 Å². The maximum atomic E-state index is 13.0. The predicted molar refractivity (Wildman–Crippen MR) is 89.7 cm³/mol. The van der Waals surface area contributed by atoms with E-state index in [2.05, 4.69) is 0 Å². The highest BCUT2D eigenvalue weighted by atomic mass is 16.6. The lowest BCUT2D eigenvalue weighted by atomic mass is 9.60. The van der Waals surface area contributed by atoms with Gasteiger partial charge >= 0.3 is 5.97 Å². The summed E-state index contributed by atoms with van der Waals surface area (Å²) in [6.45, 7) is 1.99. The second kappa shape index (κ2) is 6.55. The molecule has 0 aliphatic carbocycles. The van der Waals surface area contributed by atoms with Crippen molar-refractivity contribution in [3.63, 3.8) is 0 Å². The van der Waals surface area contributed by atoms with Crippen LogP contribution in [0, 0.1) is 0 Å². The maximum Gasteiger partial charge on any atom is 0.341 e. The molecule has 4 fully saturated rings. The summed E-state index contributed by atoms with van der Waals surface area (Å²) in [5.41, 5.74) is -4.48. The molecule has 4 aliphatic heterocycles. The van der Waals surface area contributed by atoms with Crippen molar-refractivity contribution < 1.29 is 33.3 Å². The Bertz CT molecular complexity index is 548. The van der Waals surface area contributed by atoms with Crippen LogP contribution in [0.5, 0.6) is 0 Å². The van der Waals surface area contributed by atoms with Crippen molar-refractivity contribution in [2.75, 3.05) is 33.5 Å². The van der Waals surface area contributed by atoms with Crippen LogP contribution < -0.4 is 0 Å². The van der Waals surface area contributed by atoms with Gasteiger partial charge in [0.25, 0.3) is 0 Å². The van der Waals surface area contributed by atoms with E-state index in [0.717, 1.165) is 32.0 Å². The Kier molecular flexibility index (Phi) is 4.62. The highest BCUT2D eigenvalue weighted by Gasteiger charge is 2.78. The number of carbonyl (C=O) groups excluding carboxylic acids is 2. The molecule has 26 heavy (non-hydrogen) atoms. The minimum absolute atomic E-state index is 0.439. The molecule has 4 saturated heterocycles. The standard InChI is InChI=1S/C19H28O7/c1-22-15(21)17(7-3-11-24-17)19(9-5-13-26-19)18(8-4-12-25-18)16(14-20)6-2-10-23-16/h14H,2-13H2,1H3/t16-,17+,18+,19-/m1/s1. The fraction of sp³-hybridized carbons (Fsp3) is 0.895. The van der Waals surface area contributed by atoms with Crippen LogP contribution in [-0.4, -0.2) is 68.2 Å². The fourth-order valence-corrected chi connectivity index (χ4v) is 5.85. The number of methoxy groups -OCH3 is 1. The summed E-state index contributed by atoms with van der Waals surface area (Å²) in [5.74, 6) is -0.439. The summed E-state index contributed by atoms with van der Waals surface area (Å²) in [4.78, 5) is 25.4. The molecule has 7 nitrogen and oxygen atoms in total. The van der Waals surface area contributed by atoms with Crippen LogP contribution in [0.25, 0.3) is 0 Å². The van der Waals surface area contributed by atoms with E-state index < -0.39 is 28.4 Å². The molecule has 0 aromatic rings. The zero-order chi connectivity index (χ0) is 18.3. The lowest BCUT2D eigenvalue weighted by Crippen LogP contribution is -2.77. The van der Waals surface area contributed by atoms with E-state index in [1.165, 1.54) is 7.11 Å². The van der Waals surface area contributed by atoms with Gasteiger partial charge in [0.05, 0.1) is 7.11 Å². The van der Waals surface area contributed by atoms with Gasteiger partial charge < -0.3 is 28.5 Å². The summed E-state index contributed by atoms with van der Waals surface area (Å²) < 4.78 is 30.1. The van der Waals surface area contributed by atoms with Gasteiger partial charge in [-0.2, -0.15) is 0 Å². The molecule has 4 atom stereocenters. The number of ether oxygens (including phenoxy) is 5. The van der Waals surface area contributed by atoms with Gasteiger partial charge in [-0.05, 0) is 51.4 Å². The van der Waals surface area contributed by atoms with Gasteiger partial charge in [-0.1, -0.05) is 0 Å². The second-order valence-electron chi connectivity index (χ2n) is 7.79. The zero-order valence-electron chi connectivity index (χ0n) is 15.4. The normalized spacial score (nSPS) is 45.9. The van der Waals surface area contributed by atoms with Crippen molar-refractivity contribution in [3.05, 3.63) is 0 Å². The average Bonchev–Trinajstić information content (AvgIpc) is 3.46. The molecule has 146 valence electrons. The van der Waals surface area contributed by atoms with Gasteiger partial charge in [-0.3, -0.25) is 0 Å². The van der Waals surface area contributed by atoms with Gasteiger partial charge in [-0.15, -0.1) is 0 Å². The summed E-state index contributed by atoms with van der Waals surface area (Å²) >= 11 is 0. The molecule has 0 aromatic carbocycles. The Morgan fingerprint density at radius 3 is 1.85 bits per heavy atom. The molecule has 0 aromatic heterocycles. The first-order chi connectivity index (χ1) is 12.6. The Morgan fingerprint density at radius 1 is 0.808 bits per heavy atom. The molecule has 0 unspecified atom stereocenters. The molecular formula is C19H28O7. The van der Waals surface area contributed by atoms with E-state index in [1.54, 1.807) is 0 Å². The third-order valence-electron chi connectivity index (χ3n) is 6.81. The fourth-order valence-electron chi connectivity index (χ4n) is 5.85. The number of carbonyl (C=O) groups is 2. The Hall–Kier alpha value is -1.02. The van der Waals surface area contributed by atoms with Crippen molar-refractivity contribution in [2.45, 2.75) is 73.8 Å². The van der Waals surface area contributed by atoms with Crippen LogP contribution in [0.3, 0.4) is 0 Å². The van der Waals surface area contributed by atoms with Gasteiger partial charge in [0, 0.05) is 26.4 Å². The van der Waals surface area contributed by atoms with Crippen LogP contribution in [0.15, 0.2) is 0 Å². The van der Waals surface area contributed by atoms with Gasteiger partial charge in [0.2, 0.25) is 0 Å². The number of aldehydes is 1. The lowest BCUT2D eigenvalue weighted by molar-refractivity contribution is -0.295. The Morgan fingerprint density at radius 2 is 1.38 bits per heavy atom. The first kappa shape index (κ1) is 18.3. The minimum Gasteiger partial charge on any atom is -0.467 e. The van der Waals surface area contributed by atoms with Crippen LogP contribution in [-0.2, 0) is 33.3 Å². The molecule has 0 bridgehead atoms. The zero-order valence-corrected chi connectivity index (χ0v) is 15.4. The second-order valence-corrected chi connectivity index (χ2v) is 7.79. The Labute approximate surface area is 153 Å².